The molecule has 1 aliphatic heterocycles. The van der Waals surface area contributed by atoms with E-state index in [0.29, 0.717) is 12.8 Å². The van der Waals surface area contributed by atoms with Crippen molar-refractivity contribution in [1.29, 1.82) is 0 Å². The number of unbranched alkanes of at least 4 members (excludes halogenated alkanes) is 1. The molecule has 0 bridgehead atoms. The lowest BCUT2D eigenvalue weighted by molar-refractivity contribution is -0.870. The Morgan fingerprint density at radius 2 is 1.72 bits per heavy atom. The van der Waals surface area contributed by atoms with E-state index in [-0.39, 0.29) is 30.9 Å². The van der Waals surface area contributed by atoms with Gasteiger partial charge >= 0.3 is 0 Å². The van der Waals surface area contributed by atoms with Crippen LogP contribution in [-0.4, -0.2) is 108 Å². The maximum Gasteiger partial charge on any atom is 0.243 e. The van der Waals surface area contributed by atoms with Gasteiger partial charge in [0.25, 0.3) is 0 Å². The molecule has 1 aromatic carbocycles. The van der Waals surface area contributed by atoms with E-state index in [1.807, 2.05) is 38.1 Å². The normalized spacial score (nSPS) is 22.7. The average molecular weight is 640 g/mol. The first-order chi connectivity index (χ1) is 21.6. The van der Waals surface area contributed by atoms with Crippen molar-refractivity contribution in [1.82, 2.24) is 25.8 Å². The lowest BCUT2D eigenvalue weighted by Gasteiger charge is -2.34. The maximum absolute atomic E-state index is 14.2. The minimum Gasteiger partial charge on any atom is -0.513 e. The molecule has 2 heterocycles. The number of ketones is 1. The van der Waals surface area contributed by atoms with Crippen LogP contribution in [0.25, 0.3) is 10.9 Å². The van der Waals surface area contributed by atoms with E-state index >= 15 is 0 Å². The van der Waals surface area contributed by atoms with Crippen LogP contribution in [-0.2, 0) is 30.4 Å². The number of nitrogens with one attached hydrogen (secondary N) is 4. The van der Waals surface area contributed by atoms with Crippen LogP contribution in [0.5, 0.6) is 0 Å². The van der Waals surface area contributed by atoms with E-state index in [0.717, 1.165) is 33.9 Å². The van der Waals surface area contributed by atoms with Crippen molar-refractivity contribution < 1.29 is 33.6 Å². The van der Waals surface area contributed by atoms with Gasteiger partial charge in [0.1, 0.15) is 12.1 Å². The second-order valence-electron chi connectivity index (χ2n) is 13.7. The molecule has 252 valence electrons. The molecule has 0 radical (unpaired) electrons. The first kappa shape index (κ1) is 36.3. The van der Waals surface area contributed by atoms with E-state index in [9.17, 15) is 29.1 Å². The van der Waals surface area contributed by atoms with Crippen molar-refractivity contribution >= 4 is 40.3 Å². The number of H-pyrrole nitrogens is 1. The lowest BCUT2D eigenvalue weighted by atomic mass is 9.88. The average Bonchev–Trinajstić information content (AvgIpc) is 3.37. The van der Waals surface area contributed by atoms with Crippen LogP contribution in [0.4, 0.5) is 0 Å². The van der Waals surface area contributed by atoms with Crippen molar-refractivity contribution in [2.45, 2.75) is 70.5 Å². The van der Waals surface area contributed by atoms with Crippen molar-refractivity contribution in [3.63, 3.8) is 0 Å². The summed E-state index contributed by atoms with van der Waals surface area (Å²) in [6, 6.07) is 4.61. The summed E-state index contributed by atoms with van der Waals surface area (Å²) in [6.07, 6.45) is 3.32. The monoisotopic (exact) mass is 639 g/mol. The topological polar surface area (TPSA) is 161 Å². The Morgan fingerprint density at radius 1 is 1.02 bits per heavy atom. The van der Waals surface area contributed by atoms with Crippen LogP contribution in [0.15, 0.2) is 42.8 Å². The zero-order valence-corrected chi connectivity index (χ0v) is 28.0. The fraction of sp³-hybridized carbons (Fsp3) is 0.559. The van der Waals surface area contributed by atoms with E-state index in [4.69, 9.17) is 0 Å². The summed E-state index contributed by atoms with van der Waals surface area (Å²) in [7, 11) is 7.77. The Balaban J connectivity index is 2.00. The molecule has 0 spiro atoms. The zero-order valence-electron chi connectivity index (χ0n) is 28.0. The van der Waals surface area contributed by atoms with Gasteiger partial charge in [-0.2, -0.15) is 0 Å². The predicted molar refractivity (Wildman–Crippen MR) is 177 cm³/mol. The quantitative estimate of drug-likeness (QED) is 0.152. The molecule has 12 nitrogen and oxygen atoms in total. The number of hydrogen-bond donors (Lipinski definition) is 5. The Labute approximate surface area is 271 Å². The smallest absolute Gasteiger partial charge is 0.243 e. The maximum atomic E-state index is 14.2. The molecule has 2 aromatic rings. The number of aromatic nitrogens is 1. The van der Waals surface area contributed by atoms with Crippen LogP contribution in [0.1, 0.15) is 51.5 Å². The first-order valence-corrected chi connectivity index (χ1v) is 16.0. The molecule has 0 saturated carbocycles. The predicted octanol–water partition coefficient (Wildman–Crippen LogP) is 2.21. The number of carbonyl (C=O) groups excluding carboxylic acids is 5. The number of aliphatic hydroxyl groups is 1. The van der Waals surface area contributed by atoms with Gasteiger partial charge in [0, 0.05) is 42.9 Å². The summed E-state index contributed by atoms with van der Waals surface area (Å²) >= 11 is 0. The highest BCUT2D eigenvalue weighted by atomic mass is 16.3. The van der Waals surface area contributed by atoms with Crippen LogP contribution >= 0.6 is 0 Å². The summed E-state index contributed by atoms with van der Waals surface area (Å²) in [5.74, 6) is -4.06. The summed E-state index contributed by atoms with van der Waals surface area (Å²) in [5, 5.41) is 18.9. The molecule has 4 amide bonds. The fourth-order valence-electron chi connectivity index (χ4n) is 6.03. The van der Waals surface area contributed by atoms with Gasteiger partial charge in [0.05, 0.1) is 46.0 Å². The largest absolute Gasteiger partial charge is 0.513 e. The standard InChI is InChI=1S/C34H50N6O6/c1-21(2)31-33(45)38-27(14-10-11-15-40(5,6)7)32(44)36-20-30(43)37-28(16-22(3)41)29(42)18-23(34(46)39(31)4)17-24-19-35-26-13-9-8-12-25(24)26/h8-9,12-13,19,21,23,27-28,31,35H,3,10-11,14-18,20H2,1-2,4-7H3,(H3-,36,37,38,41,43,44,45)/p+1. The van der Waals surface area contributed by atoms with Gasteiger partial charge in [-0.15, -0.1) is 0 Å². The highest BCUT2D eigenvalue weighted by Gasteiger charge is 2.37. The number of aliphatic hydroxyl groups excluding tert-OH is 1. The number of para-hydroxylation sites is 1. The highest BCUT2D eigenvalue weighted by molar-refractivity contribution is 5.97. The number of carbonyl (C=O) groups is 5. The van der Waals surface area contributed by atoms with Crippen molar-refractivity contribution in [2.24, 2.45) is 11.8 Å². The Hall–Kier alpha value is -4.19. The molecule has 3 rings (SSSR count). The Morgan fingerprint density at radius 3 is 2.37 bits per heavy atom. The fourth-order valence-corrected chi connectivity index (χ4v) is 6.03. The number of Topliss-reactive ketones (excluding diaryl/α,β-unsaturated/α-hetero) is 1. The van der Waals surface area contributed by atoms with Gasteiger partial charge in [0.15, 0.2) is 5.78 Å². The van der Waals surface area contributed by atoms with Gasteiger partial charge in [-0.3, -0.25) is 24.0 Å². The van der Waals surface area contributed by atoms with Crippen LogP contribution in [0, 0.1) is 11.8 Å². The third kappa shape index (κ3) is 10.2. The molecular formula is C34H51N6O6+. The summed E-state index contributed by atoms with van der Waals surface area (Å²) in [5.41, 5.74) is 1.71. The van der Waals surface area contributed by atoms with Crippen LogP contribution < -0.4 is 16.0 Å². The summed E-state index contributed by atoms with van der Waals surface area (Å²) < 4.78 is 0.756. The Bertz CT molecular complexity index is 1430. The highest BCUT2D eigenvalue weighted by Crippen LogP contribution is 2.26. The zero-order chi connectivity index (χ0) is 34.2. The van der Waals surface area contributed by atoms with Crippen molar-refractivity contribution in [3.05, 3.63) is 48.4 Å². The number of amides is 4. The minimum atomic E-state index is -1.16. The number of nitrogens with zero attached hydrogens (tertiary/aromatic N) is 2. The molecule has 4 unspecified atom stereocenters. The summed E-state index contributed by atoms with van der Waals surface area (Å²) in [4.78, 5) is 72.6. The van der Waals surface area contributed by atoms with Crippen LogP contribution in [0.3, 0.4) is 0 Å². The first-order valence-electron chi connectivity index (χ1n) is 16.0. The van der Waals surface area contributed by atoms with Gasteiger partial charge in [-0.05, 0) is 43.2 Å². The van der Waals surface area contributed by atoms with Crippen molar-refractivity contribution in [3.8, 4) is 0 Å². The molecule has 5 N–H and O–H groups in total. The van der Waals surface area contributed by atoms with Gasteiger partial charge < -0.3 is 35.4 Å². The second-order valence-corrected chi connectivity index (χ2v) is 13.7. The van der Waals surface area contributed by atoms with Gasteiger partial charge in [-0.25, -0.2) is 0 Å². The van der Waals surface area contributed by atoms with E-state index in [2.05, 4.69) is 48.7 Å². The minimum absolute atomic E-state index is 0.195. The molecule has 1 fully saturated rings. The molecule has 1 aliphatic rings. The van der Waals surface area contributed by atoms with Gasteiger partial charge in [0.2, 0.25) is 23.6 Å². The van der Waals surface area contributed by atoms with Crippen molar-refractivity contribution in [2.75, 3.05) is 41.3 Å². The number of likely N-dealkylation sites (N-methyl/N-ethyl adjacent to an activating group) is 1. The Kier molecular flexibility index (Phi) is 12.5. The van der Waals surface area contributed by atoms with E-state index in [1.165, 1.54) is 4.90 Å². The third-order valence-corrected chi connectivity index (χ3v) is 8.39. The van der Waals surface area contributed by atoms with Gasteiger partial charge in [-0.1, -0.05) is 38.6 Å². The second kappa shape index (κ2) is 15.9. The molecule has 1 saturated heterocycles. The molecule has 4 atom stereocenters. The molecule has 46 heavy (non-hydrogen) atoms. The number of rotatable bonds is 10. The van der Waals surface area contributed by atoms with E-state index in [1.54, 1.807) is 13.2 Å². The number of aromatic amines is 1. The number of quaternary nitrogens is 1. The van der Waals surface area contributed by atoms with Crippen LogP contribution in [0.2, 0.25) is 0 Å². The molecule has 12 heteroatoms. The number of fused-ring (bicyclic) bond motifs is 1. The van der Waals surface area contributed by atoms with E-state index < -0.39 is 60.0 Å². The SMILES string of the molecule is C=C(O)CC1NC(=O)CNC(=O)C(CCCC[N+](C)(C)C)NC(=O)C(C(C)C)N(C)C(=O)C(Cc2c[nH]c3ccccc23)CC1=O. The lowest BCUT2D eigenvalue weighted by Crippen LogP contribution is -2.57. The number of hydrogen-bond acceptors (Lipinski definition) is 6. The molecule has 1 aromatic heterocycles. The molecular weight excluding hydrogens is 588 g/mol. The third-order valence-electron chi connectivity index (χ3n) is 8.39. The summed E-state index contributed by atoms with van der Waals surface area (Å²) in [6.45, 7) is 7.57. The number of benzene rings is 1. The molecule has 0 aliphatic carbocycles.